The maximum absolute atomic E-state index is 12.6. The second-order valence-electron chi connectivity index (χ2n) is 4.19. The van der Waals surface area contributed by atoms with E-state index in [2.05, 4.69) is 0 Å². The lowest BCUT2D eigenvalue weighted by molar-refractivity contribution is -0.115. The molecule has 0 atom stereocenters. The van der Waals surface area contributed by atoms with Crippen LogP contribution in [0.3, 0.4) is 0 Å². The number of carbonyl (C=O) groups is 1. The second kappa shape index (κ2) is 6.05. The van der Waals surface area contributed by atoms with E-state index >= 15 is 0 Å². The number of para-hydroxylation sites is 1. The standard InChI is InChI=1S/C14H11Cl2NO3S/c1-10(18)17(14-5-3-2-4-13(14)16)21(19,20)12-8-6-11(15)7-9-12/h2-9H,1H3. The lowest BCUT2D eigenvalue weighted by Gasteiger charge is -2.22. The normalized spacial score (nSPS) is 11.2. The highest BCUT2D eigenvalue weighted by atomic mass is 35.5. The predicted octanol–water partition coefficient (Wildman–Crippen LogP) is 3.74. The summed E-state index contributed by atoms with van der Waals surface area (Å²) >= 11 is 11.8. The average molecular weight is 344 g/mol. The molecule has 21 heavy (non-hydrogen) atoms. The number of halogens is 2. The summed E-state index contributed by atoms with van der Waals surface area (Å²) in [6, 6.07) is 11.8. The largest absolute Gasteiger partial charge is 0.274 e. The Labute approximate surface area is 133 Å². The van der Waals surface area contributed by atoms with Gasteiger partial charge in [0.1, 0.15) is 0 Å². The van der Waals surface area contributed by atoms with Gasteiger partial charge in [-0.15, -0.1) is 0 Å². The maximum atomic E-state index is 12.6. The number of sulfonamides is 1. The van der Waals surface area contributed by atoms with Crippen molar-refractivity contribution in [2.45, 2.75) is 11.8 Å². The van der Waals surface area contributed by atoms with Crippen LogP contribution in [0.4, 0.5) is 5.69 Å². The Hall–Kier alpha value is -1.56. The summed E-state index contributed by atoms with van der Waals surface area (Å²) in [5, 5.41) is 0.575. The molecule has 0 radical (unpaired) electrons. The van der Waals surface area contributed by atoms with E-state index in [9.17, 15) is 13.2 Å². The summed E-state index contributed by atoms with van der Waals surface area (Å²) < 4.78 is 26.0. The molecule has 2 rings (SSSR count). The molecular formula is C14H11Cl2NO3S. The van der Waals surface area contributed by atoms with Gasteiger partial charge in [0.2, 0.25) is 5.91 Å². The minimum absolute atomic E-state index is 0.0398. The van der Waals surface area contributed by atoms with Gasteiger partial charge in [-0.05, 0) is 36.4 Å². The molecule has 1 amide bonds. The van der Waals surface area contributed by atoms with Gasteiger partial charge in [0.05, 0.1) is 15.6 Å². The summed E-state index contributed by atoms with van der Waals surface area (Å²) in [7, 11) is -4.05. The quantitative estimate of drug-likeness (QED) is 0.852. The van der Waals surface area contributed by atoms with Gasteiger partial charge in [0, 0.05) is 11.9 Å². The van der Waals surface area contributed by atoms with Crippen LogP contribution in [0.15, 0.2) is 53.4 Å². The molecule has 2 aromatic rings. The third-order valence-corrected chi connectivity index (χ3v) is 5.08. The fraction of sp³-hybridized carbons (Fsp3) is 0.0714. The average Bonchev–Trinajstić information content (AvgIpc) is 2.41. The fourth-order valence-corrected chi connectivity index (χ4v) is 3.64. The van der Waals surface area contributed by atoms with Crippen molar-refractivity contribution in [1.82, 2.24) is 0 Å². The molecule has 2 aromatic carbocycles. The van der Waals surface area contributed by atoms with E-state index in [1.807, 2.05) is 0 Å². The Bertz CT molecular complexity index is 773. The van der Waals surface area contributed by atoms with E-state index in [0.717, 1.165) is 6.92 Å². The number of rotatable bonds is 3. The van der Waals surface area contributed by atoms with E-state index in [4.69, 9.17) is 23.2 Å². The van der Waals surface area contributed by atoms with Gasteiger partial charge >= 0.3 is 0 Å². The molecule has 0 bridgehead atoms. The van der Waals surface area contributed by atoms with E-state index < -0.39 is 15.9 Å². The molecule has 0 aliphatic carbocycles. The molecule has 0 aromatic heterocycles. The summed E-state index contributed by atoms with van der Waals surface area (Å²) in [5.41, 5.74) is 0.113. The molecule has 0 saturated carbocycles. The SMILES string of the molecule is CC(=O)N(c1ccccc1Cl)S(=O)(=O)c1ccc(Cl)cc1. The third-order valence-electron chi connectivity index (χ3n) is 2.71. The van der Waals surface area contributed by atoms with Crippen LogP contribution in [0.25, 0.3) is 0 Å². The van der Waals surface area contributed by atoms with Crippen molar-refractivity contribution < 1.29 is 13.2 Å². The van der Waals surface area contributed by atoms with E-state index in [1.54, 1.807) is 12.1 Å². The van der Waals surface area contributed by atoms with E-state index in [0.29, 0.717) is 9.33 Å². The third kappa shape index (κ3) is 3.20. The van der Waals surface area contributed by atoms with Crippen LogP contribution in [0.1, 0.15) is 6.92 Å². The molecule has 0 saturated heterocycles. The van der Waals surface area contributed by atoms with Gasteiger partial charge in [0.25, 0.3) is 10.0 Å². The van der Waals surface area contributed by atoms with Crippen LogP contribution in [-0.4, -0.2) is 14.3 Å². The highest BCUT2D eigenvalue weighted by molar-refractivity contribution is 7.93. The monoisotopic (exact) mass is 343 g/mol. The fourth-order valence-electron chi connectivity index (χ4n) is 1.80. The van der Waals surface area contributed by atoms with Crippen molar-refractivity contribution in [3.63, 3.8) is 0 Å². The van der Waals surface area contributed by atoms with Crippen LogP contribution in [0, 0.1) is 0 Å². The van der Waals surface area contributed by atoms with E-state index in [-0.39, 0.29) is 15.6 Å². The molecule has 0 aliphatic heterocycles. The van der Waals surface area contributed by atoms with Crippen molar-refractivity contribution in [2.24, 2.45) is 0 Å². The molecule has 4 nitrogen and oxygen atoms in total. The van der Waals surface area contributed by atoms with Gasteiger partial charge < -0.3 is 0 Å². The Kier molecular flexibility index (Phi) is 4.56. The molecule has 0 fully saturated rings. The topological polar surface area (TPSA) is 54.5 Å². The van der Waals surface area contributed by atoms with Gasteiger partial charge in [-0.25, -0.2) is 12.7 Å². The van der Waals surface area contributed by atoms with Crippen LogP contribution in [0.5, 0.6) is 0 Å². The molecular weight excluding hydrogens is 333 g/mol. The summed E-state index contributed by atoms with van der Waals surface area (Å²) in [6.45, 7) is 1.16. The Morgan fingerprint density at radius 2 is 1.57 bits per heavy atom. The number of hydrogen-bond donors (Lipinski definition) is 0. The Balaban J connectivity index is 2.60. The van der Waals surface area contributed by atoms with Crippen molar-refractivity contribution in [3.8, 4) is 0 Å². The molecule has 0 aliphatic rings. The number of benzene rings is 2. The number of carbonyl (C=O) groups excluding carboxylic acids is 1. The summed E-state index contributed by atoms with van der Waals surface area (Å²) in [4.78, 5) is 11.8. The number of amides is 1. The van der Waals surface area contributed by atoms with Gasteiger partial charge in [-0.2, -0.15) is 0 Å². The Morgan fingerprint density at radius 1 is 1.00 bits per heavy atom. The van der Waals surface area contributed by atoms with Gasteiger partial charge in [-0.3, -0.25) is 4.79 Å². The highest BCUT2D eigenvalue weighted by Gasteiger charge is 2.29. The first-order valence-electron chi connectivity index (χ1n) is 5.90. The van der Waals surface area contributed by atoms with Crippen molar-refractivity contribution >= 4 is 44.8 Å². The van der Waals surface area contributed by atoms with Crippen LogP contribution in [-0.2, 0) is 14.8 Å². The minimum Gasteiger partial charge on any atom is -0.274 e. The highest BCUT2D eigenvalue weighted by Crippen LogP contribution is 2.30. The lowest BCUT2D eigenvalue weighted by atomic mass is 10.3. The molecule has 0 spiro atoms. The van der Waals surface area contributed by atoms with Crippen LogP contribution in [0.2, 0.25) is 10.0 Å². The lowest BCUT2D eigenvalue weighted by Crippen LogP contribution is -2.35. The van der Waals surface area contributed by atoms with Crippen LogP contribution >= 0.6 is 23.2 Å². The maximum Gasteiger partial charge on any atom is 0.270 e. The first-order chi connectivity index (χ1) is 9.84. The van der Waals surface area contributed by atoms with Gasteiger partial charge in [0.15, 0.2) is 0 Å². The van der Waals surface area contributed by atoms with Crippen molar-refractivity contribution in [1.29, 1.82) is 0 Å². The summed E-state index contributed by atoms with van der Waals surface area (Å²) in [5.74, 6) is -0.655. The smallest absolute Gasteiger partial charge is 0.270 e. The van der Waals surface area contributed by atoms with Gasteiger partial charge in [-0.1, -0.05) is 35.3 Å². The van der Waals surface area contributed by atoms with Crippen molar-refractivity contribution in [3.05, 3.63) is 58.6 Å². The zero-order valence-corrected chi connectivity index (χ0v) is 13.3. The first kappa shape index (κ1) is 15.8. The van der Waals surface area contributed by atoms with Crippen molar-refractivity contribution in [2.75, 3.05) is 4.31 Å². The number of hydrogen-bond acceptors (Lipinski definition) is 3. The molecule has 0 heterocycles. The van der Waals surface area contributed by atoms with Crippen LogP contribution < -0.4 is 4.31 Å². The van der Waals surface area contributed by atoms with E-state index in [1.165, 1.54) is 36.4 Å². The Morgan fingerprint density at radius 3 is 2.10 bits per heavy atom. The minimum atomic E-state index is -4.05. The molecule has 0 unspecified atom stereocenters. The zero-order chi connectivity index (χ0) is 15.6. The number of anilines is 1. The predicted molar refractivity (Wildman–Crippen MR) is 83.2 cm³/mol. The molecule has 110 valence electrons. The molecule has 0 N–H and O–H groups in total. The zero-order valence-electron chi connectivity index (χ0n) is 11.0. The number of nitrogens with zero attached hydrogens (tertiary/aromatic N) is 1. The molecule has 7 heteroatoms. The second-order valence-corrected chi connectivity index (χ2v) is 6.82. The first-order valence-corrected chi connectivity index (χ1v) is 8.09. The summed E-state index contributed by atoms with van der Waals surface area (Å²) in [6.07, 6.45) is 0.